The highest BCUT2D eigenvalue weighted by Gasteiger charge is 2.21. The Kier molecular flexibility index (Phi) is 8.60. The van der Waals surface area contributed by atoms with Crippen molar-refractivity contribution in [1.82, 2.24) is 0 Å². The van der Waals surface area contributed by atoms with E-state index in [1.807, 2.05) is 13.8 Å². The molecule has 2 unspecified atom stereocenters. The molecule has 0 N–H and O–H groups in total. The van der Waals surface area contributed by atoms with Crippen LogP contribution < -0.4 is 0 Å². The molecule has 0 heterocycles. The highest BCUT2D eigenvalue weighted by atomic mass is 16.1. The lowest BCUT2D eigenvalue weighted by Gasteiger charge is -2.26. The first kappa shape index (κ1) is 15.7. The van der Waals surface area contributed by atoms with Gasteiger partial charge in [-0.3, -0.25) is 4.79 Å². The first-order valence-electron chi connectivity index (χ1n) is 7.03. The SMILES string of the molecule is CC1CCCC(CC(=O)C(C)C)C1.CCC. The summed E-state index contributed by atoms with van der Waals surface area (Å²) in [6.45, 7) is 10.6. The van der Waals surface area contributed by atoms with Crippen molar-refractivity contribution in [3.63, 3.8) is 0 Å². The van der Waals surface area contributed by atoms with Crippen LogP contribution in [0.2, 0.25) is 0 Å². The lowest BCUT2D eigenvalue weighted by molar-refractivity contribution is -0.123. The van der Waals surface area contributed by atoms with Crippen LogP contribution in [0.3, 0.4) is 0 Å². The third-order valence-electron chi connectivity index (χ3n) is 3.18. The summed E-state index contributed by atoms with van der Waals surface area (Å²) in [5, 5.41) is 0. The number of rotatable bonds is 3. The van der Waals surface area contributed by atoms with E-state index in [0.29, 0.717) is 11.7 Å². The molecule has 1 rings (SSSR count). The normalized spacial score (nSPS) is 24.9. The molecule has 1 heteroatoms. The van der Waals surface area contributed by atoms with Crippen LogP contribution in [-0.4, -0.2) is 5.78 Å². The third kappa shape index (κ3) is 7.03. The van der Waals surface area contributed by atoms with E-state index in [0.717, 1.165) is 12.3 Å². The molecule has 0 spiro atoms. The molecule has 0 aromatic carbocycles. The molecule has 0 aromatic heterocycles. The van der Waals surface area contributed by atoms with Gasteiger partial charge < -0.3 is 0 Å². The number of Topliss-reactive ketones (excluding diaryl/α,β-unsaturated/α-hetero) is 1. The molecule has 0 bridgehead atoms. The Morgan fingerprint density at radius 1 is 1.25 bits per heavy atom. The number of carbonyl (C=O) groups excluding carboxylic acids is 1. The Hall–Kier alpha value is -0.330. The van der Waals surface area contributed by atoms with Crippen LogP contribution in [-0.2, 0) is 4.79 Å². The van der Waals surface area contributed by atoms with Crippen LogP contribution >= 0.6 is 0 Å². The summed E-state index contributed by atoms with van der Waals surface area (Å²) in [5.74, 6) is 2.23. The average Bonchev–Trinajstić information content (AvgIpc) is 2.18. The molecule has 1 fully saturated rings. The Balaban J connectivity index is 0.000000673. The summed E-state index contributed by atoms with van der Waals surface area (Å²) in [5.41, 5.74) is 0. The second-order valence-electron chi connectivity index (χ2n) is 5.67. The van der Waals surface area contributed by atoms with Crippen molar-refractivity contribution in [1.29, 1.82) is 0 Å². The Morgan fingerprint density at radius 2 is 1.81 bits per heavy atom. The Bertz CT molecular complexity index is 184. The summed E-state index contributed by atoms with van der Waals surface area (Å²) in [4.78, 5) is 11.5. The van der Waals surface area contributed by atoms with Crippen molar-refractivity contribution >= 4 is 5.78 Å². The summed E-state index contributed by atoms with van der Waals surface area (Å²) in [6, 6.07) is 0. The maximum absolute atomic E-state index is 11.5. The fourth-order valence-electron chi connectivity index (χ4n) is 2.27. The summed E-state index contributed by atoms with van der Waals surface area (Å²) in [7, 11) is 0. The lowest BCUT2D eigenvalue weighted by Crippen LogP contribution is -2.19. The lowest BCUT2D eigenvalue weighted by atomic mass is 9.79. The van der Waals surface area contributed by atoms with E-state index in [2.05, 4.69) is 20.8 Å². The van der Waals surface area contributed by atoms with Gasteiger partial charge in [-0.05, 0) is 18.3 Å². The quantitative estimate of drug-likeness (QED) is 0.672. The van der Waals surface area contributed by atoms with Crippen LogP contribution in [0.5, 0.6) is 0 Å². The van der Waals surface area contributed by atoms with Gasteiger partial charge in [-0.15, -0.1) is 0 Å². The minimum absolute atomic E-state index is 0.234. The molecule has 2 atom stereocenters. The first-order chi connectivity index (χ1) is 7.51. The Morgan fingerprint density at radius 3 is 2.25 bits per heavy atom. The fraction of sp³-hybridized carbons (Fsp3) is 0.933. The molecule has 0 saturated heterocycles. The predicted molar refractivity (Wildman–Crippen MR) is 71.5 cm³/mol. The molecule has 16 heavy (non-hydrogen) atoms. The molecule has 1 nitrogen and oxygen atoms in total. The molecular formula is C15H30O. The van der Waals surface area contributed by atoms with Crippen LogP contribution in [0, 0.1) is 17.8 Å². The first-order valence-corrected chi connectivity index (χ1v) is 7.03. The van der Waals surface area contributed by atoms with Crippen LogP contribution in [0.25, 0.3) is 0 Å². The maximum Gasteiger partial charge on any atom is 0.135 e. The monoisotopic (exact) mass is 226 g/mol. The van der Waals surface area contributed by atoms with Gasteiger partial charge in [-0.25, -0.2) is 0 Å². The second kappa shape index (κ2) is 8.78. The predicted octanol–water partition coefficient (Wildman–Crippen LogP) is 4.84. The van der Waals surface area contributed by atoms with Crippen molar-refractivity contribution in [2.45, 2.75) is 73.1 Å². The van der Waals surface area contributed by atoms with E-state index in [1.54, 1.807) is 0 Å². The Labute approximate surface area is 102 Å². The number of carbonyl (C=O) groups is 1. The highest BCUT2D eigenvalue weighted by Crippen LogP contribution is 2.31. The molecule has 0 aromatic rings. The highest BCUT2D eigenvalue weighted by molar-refractivity contribution is 5.80. The molecule has 1 aliphatic rings. The van der Waals surface area contributed by atoms with Gasteiger partial charge in [0.1, 0.15) is 5.78 Å². The second-order valence-corrected chi connectivity index (χ2v) is 5.67. The maximum atomic E-state index is 11.5. The molecule has 96 valence electrons. The molecule has 1 aliphatic carbocycles. The van der Waals surface area contributed by atoms with Crippen molar-refractivity contribution in [2.75, 3.05) is 0 Å². The van der Waals surface area contributed by atoms with Crippen molar-refractivity contribution in [3.8, 4) is 0 Å². The number of hydrogen-bond donors (Lipinski definition) is 0. The molecule has 0 amide bonds. The number of ketones is 1. The topological polar surface area (TPSA) is 17.1 Å². The van der Waals surface area contributed by atoms with Crippen LogP contribution in [0.4, 0.5) is 0 Å². The smallest absolute Gasteiger partial charge is 0.135 e. The van der Waals surface area contributed by atoms with Gasteiger partial charge in [0.05, 0.1) is 0 Å². The molecule has 0 aliphatic heterocycles. The van der Waals surface area contributed by atoms with Gasteiger partial charge in [0.25, 0.3) is 0 Å². The minimum atomic E-state index is 0.234. The summed E-state index contributed by atoms with van der Waals surface area (Å²) >= 11 is 0. The van der Waals surface area contributed by atoms with Gasteiger partial charge in [-0.2, -0.15) is 0 Å². The largest absolute Gasteiger partial charge is 0.299 e. The number of hydrogen-bond acceptors (Lipinski definition) is 1. The van der Waals surface area contributed by atoms with E-state index in [4.69, 9.17) is 0 Å². The van der Waals surface area contributed by atoms with Gasteiger partial charge in [-0.1, -0.05) is 60.3 Å². The van der Waals surface area contributed by atoms with E-state index in [9.17, 15) is 4.79 Å². The molecule has 1 saturated carbocycles. The standard InChI is InChI=1S/C12H22O.C3H8/c1-9(2)12(13)8-11-6-4-5-10(3)7-11;1-3-2/h9-11H,4-8H2,1-3H3;3H2,1-2H3. The van der Waals surface area contributed by atoms with Gasteiger partial charge in [0, 0.05) is 12.3 Å². The van der Waals surface area contributed by atoms with Crippen LogP contribution in [0.15, 0.2) is 0 Å². The zero-order chi connectivity index (χ0) is 12.6. The van der Waals surface area contributed by atoms with E-state index >= 15 is 0 Å². The third-order valence-corrected chi connectivity index (χ3v) is 3.18. The van der Waals surface area contributed by atoms with Gasteiger partial charge in [0.2, 0.25) is 0 Å². The van der Waals surface area contributed by atoms with Crippen molar-refractivity contribution < 1.29 is 4.79 Å². The molecular weight excluding hydrogens is 196 g/mol. The van der Waals surface area contributed by atoms with E-state index < -0.39 is 0 Å². The van der Waals surface area contributed by atoms with E-state index in [1.165, 1.54) is 32.1 Å². The minimum Gasteiger partial charge on any atom is -0.299 e. The van der Waals surface area contributed by atoms with Gasteiger partial charge in [0.15, 0.2) is 0 Å². The fourth-order valence-corrected chi connectivity index (χ4v) is 2.27. The van der Waals surface area contributed by atoms with Gasteiger partial charge >= 0.3 is 0 Å². The zero-order valence-corrected chi connectivity index (χ0v) is 11.9. The van der Waals surface area contributed by atoms with Crippen LogP contribution in [0.1, 0.15) is 73.1 Å². The molecule has 0 radical (unpaired) electrons. The summed E-state index contributed by atoms with van der Waals surface area (Å²) in [6.07, 6.45) is 7.34. The van der Waals surface area contributed by atoms with Crippen molar-refractivity contribution in [2.24, 2.45) is 17.8 Å². The average molecular weight is 226 g/mol. The summed E-state index contributed by atoms with van der Waals surface area (Å²) < 4.78 is 0. The van der Waals surface area contributed by atoms with Crippen molar-refractivity contribution in [3.05, 3.63) is 0 Å². The zero-order valence-electron chi connectivity index (χ0n) is 11.9. The van der Waals surface area contributed by atoms with E-state index in [-0.39, 0.29) is 5.92 Å².